The molecule has 1 N–H and O–H groups in total. The molecule has 3 heteroatoms. The van der Waals surface area contributed by atoms with Gasteiger partial charge in [-0.25, -0.2) is 0 Å². The van der Waals surface area contributed by atoms with Crippen molar-refractivity contribution in [3.63, 3.8) is 0 Å². The minimum atomic E-state index is -0.755. The molecule has 1 aromatic carbocycles. The van der Waals surface area contributed by atoms with Gasteiger partial charge in [0.05, 0.1) is 5.60 Å². The van der Waals surface area contributed by atoms with E-state index in [9.17, 15) is 5.11 Å². The van der Waals surface area contributed by atoms with E-state index in [4.69, 9.17) is 0 Å². The molecule has 0 atom stereocenters. The first-order chi connectivity index (χ1) is 6.49. The molecule has 0 bridgehead atoms. The topological polar surface area (TPSA) is 20.2 Å². The predicted molar refractivity (Wildman–Crippen MR) is 65.2 cm³/mol. The van der Waals surface area contributed by atoms with E-state index < -0.39 is 5.60 Å². The maximum absolute atomic E-state index is 9.94. The molecule has 14 heavy (non-hydrogen) atoms. The van der Waals surface area contributed by atoms with Crippen LogP contribution in [0.1, 0.15) is 19.4 Å². The number of rotatable bonds is 3. The van der Waals surface area contributed by atoms with Gasteiger partial charge < -0.3 is 5.11 Å². The number of thioether (sulfide) groups is 2. The Morgan fingerprint density at radius 3 is 2.21 bits per heavy atom. The van der Waals surface area contributed by atoms with E-state index in [1.54, 1.807) is 23.5 Å². The number of aliphatic hydroxyl groups is 1. The van der Waals surface area contributed by atoms with Gasteiger partial charge in [-0.3, -0.25) is 0 Å². The van der Waals surface area contributed by atoms with Gasteiger partial charge in [0, 0.05) is 9.79 Å². The number of hydrogen-bond acceptors (Lipinski definition) is 3. The second-order valence-corrected chi connectivity index (χ2v) is 5.35. The van der Waals surface area contributed by atoms with Gasteiger partial charge in [0.1, 0.15) is 0 Å². The average Bonchev–Trinajstić information content (AvgIpc) is 2.15. The molecule has 1 rings (SSSR count). The third kappa shape index (κ3) is 2.69. The zero-order valence-corrected chi connectivity index (χ0v) is 10.6. The van der Waals surface area contributed by atoms with Crippen LogP contribution in [0.4, 0.5) is 0 Å². The first-order valence-electron chi connectivity index (χ1n) is 4.44. The zero-order valence-electron chi connectivity index (χ0n) is 9.00. The maximum atomic E-state index is 9.94. The van der Waals surface area contributed by atoms with Crippen molar-refractivity contribution in [1.29, 1.82) is 0 Å². The number of benzene rings is 1. The Labute approximate surface area is 94.3 Å². The molecule has 1 aromatic rings. The lowest BCUT2D eigenvalue weighted by molar-refractivity contribution is 0.0757. The van der Waals surface area contributed by atoms with Crippen molar-refractivity contribution in [2.24, 2.45) is 0 Å². The van der Waals surface area contributed by atoms with Crippen LogP contribution in [-0.4, -0.2) is 17.6 Å². The Morgan fingerprint density at radius 1 is 1.14 bits per heavy atom. The summed E-state index contributed by atoms with van der Waals surface area (Å²) in [6, 6.07) is 6.19. The van der Waals surface area contributed by atoms with Crippen LogP contribution in [-0.2, 0) is 5.60 Å². The van der Waals surface area contributed by atoms with Gasteiger partial charge >= 0.3 is 0 Å². The molecule has 0 amide bonds. The fraction of sp³-hybridized carbons (Fsp3) is 0.455. The maximum Gasteiger partial charge on any atom is 0.0851 e. The smallest absolute Gasteiger partial charge is 0.0851 e. The molecule has 0 aliphatic carbocycles. The molecule has 0 aromatic heterocycles. The standard InChI is InChI=1S/C11H16OS2/c1-11(2,12)9-6-5-8(13-3)7-10(9)14-4/h5-7,12H,1-4H3. The van der Waals surface area contributed by atoms with Gasteiger partial charge in [0.25, 0.3) is 0 Å². The minimum Gasteiger partial charge on any atom is -0.386 e. The van der Waals surface area contributed by atoms with Crippen LogP contribution < -0.4 is 0 Å². The molecule has 0 radical (unpaired) electrons. The Morgan fingerprint density at radius 2 is 1.79 bits per heavy atom. The van der Waals surface area contributed by atoms with Crippen molar-refractivity contribution in [3.8, 4) is 0 Å². The first kappa shape index (κ1) is 12.0. The summed E-state index contributed by atoms with van der Waals surface area (Å²) in [7, 11) is 0. The molecule has 0 spiro atoms. The van der Waals surface area contributed by atoms with E-state index in [1.165, 1.54) is 4.90 Å². The molecule has 0 heterocycles. The lowest BCUT2D eigenvalue weighted by Crippen LogP contribution is -2.16. The molecular formula is C11H16OS2. The molecule has 0 unspecified atom stereocenters. The summed E-state index contributed by atoms with van der Waals surface area (Å²) in [6.45, 7) is 3.64. The summed E-state index contributed by atoms with van der Waals surface area (Å²) >= 11 is 3.40. The van der Waals surface area contributed by atoms with E-state index in [-0.39, 0.29) is 0 Å². The lowest BCUT2D eigenvalue weighted by atomic mass is 9.99. The summed E-state index contributed by atoms with van der Waals surface area (Å²) in [5.74, 6) is 0. The van der Waals surface area contributed by atoms with Crippen molar-refractivity contribution in [1.82, 2.24) is 0 Å². The van der Waals surface area contributed by atoms with Crippen LogP contribution in [0.5, 0.6) is 0 Å². The van der Waals surface area contributed by atoms with Crippen molar-refractivity contribution in [2.45, 2.75) is 29.2 Å². The molecule has 0 aliphatic rings. The minimum absolute atomic E-state index is 0.755. The quantitative estimate of drug-likeness (QED) is 0.801. The average molecular weight is 228 g/mol. The highest BCUT2D eigenvalue weighted by Gasteiger charge is 2.19. The highest BCUT2D eigenvalue weighted by molar-refractivity contribution is 7.99. The Hall–Kier alpha value is -0.120. The molecule has 78 valence electrons. The van der Waals surface area contributed by atoms with Crippen LogP contribution in [0.3, 0.4) is 0 Å². The summed E-state index contributed by atoms with van der Waals surface area (Å²) in [6.07, 6.45) is 4.10. The van der Waals surface area contributed by atoms with Crippen LogP contribution in [0, 0.1) is 0 Å². The fourth-order valence-corrected chi connectivity index (χ4v) is 2.60. The Bertz CT molecular complexity index is 316. The second-order valence-electron chi connectivity index (χ2n) is 3.63. The fourth-order valence-electron chi connectivity index (χ4n) is 1.30. The van der Waals surface area contributed by atoms with Gasteiger partial charge in [0.15, 0.2) is 0 Å². The van der Waals surface area contributed by atoms with Crippen molar-refractivity contribution in [2.75, 3.05) is 12.5 Å². The lowest BCUT2D eigenvalue weighted by Gasteiger charge is -2.21. The van der Waals surface area contributed by atoms with Gasteiger partial charge in [-0.05, 0) is 44.1 Å². The van der Waals surface area contributed by atoms with E-state index in [0.29, 0.717) is 0 Å². The Kier molecular flexibility index (Phi) is 3.93. The van der Waals surface area contributed by atoms with Gasteiger partial charge in [-0.15, -0.1) is 23.5 Å². The van der Waals surface area contributed by atoms with Crippen LogP contribution >= 0.6 is 23.5 Å². The number of hydrogen-bond donors (Lipinski definition) is 1. The largest absolute Gasteiger partial charge is 0.386 e. The van der Waals surface area contributed by atoms with E-state index >= 15 is 0 Å². The second kappa shape index (κ2) is 4.60. The first-order valence-corrected chi connectivity index (χ1v) is 6.89. The highest BCUT2D eigenvalue weighted by Crippen LogP contribution is 2.32. The summed E-state index contributed by atoms with van der Waals surface area (Å²) in [4.78, 5) is 2.40. The predicted octanol–water partition coefficient (Wildman–Crippen LogP) is 3.36. The molecule has 1 nitrogen and oxygen atoms in total. The molecule has 0 saturated carbocycles. The van der Waals surface area contributed by atoms with Crippen LogP contribution in [0.25, 0.3) is 0 Å². The van der Waals surface area contributed by atoms with Crippen molar-refractivity contribution >= 4 is 23.5 Å². The van der Waals surface area contributed by atoms with Gasteiger partial charge in [-0.1, -0.05) is 6.07 Å². The van der Waals surface area contributed by atoms with E-state index in [2.05, 4.69) is 18.4 Å². The Balaban J connectivity index is 3.18. The third-order valence-corrected chi connectivity index (χ3v) is 3.57. The summed E-state index contributed by atoms with van der Waals surface area (Å²) in [5.41, 5.74) is 0.248. The monoisotopic (exact) mass is 228 g/mol. The SMILES string of the molecule is CSc1ccc(C(C)(C)O)c(SC)c1. The van der Waals surface area contributed by atoms with Crippen molar-refractivity contribution < 1.29 is 5.11 Å². The normalized spacial score (nSPS) is 11.8. The van der Waals surface area contributed by atoms with Crippen LogP contribution in [0.15, 0.2) is 28.0 Å². The zero-order chi connectivity index (χ0) is 10.8. The third-order valence-electron chi connectivity index (χ3n) is 2.07. The van der Waals surface area contributed by atoms with E-state index in [1.807, 2.05) is 26.2 Å². The highest BCUT2D eigenvalue weighted by atomic mass is 32.2. The van der Waals surface area contributed by atoms with Gasteiger partial charge in [0.2, 0.25) is 0 Å². The summed E-state index contributed by atoms with van der Waals surface area (Å²) < 4.78 is 0. The molecular weight excluding hydrogens is 212 g/mol. The van der Waals surface area contributed by atoms with E-state index in [0.717, 1.165) is 10.5 Å². The van der Waals surface area contributed by atoms with Gasteiger partial charge in [-0.2, -0.15) is 0 Å². The van der Waals surface area contributed by atoms with Crippen molar-refractivity contribution in [3.05, 3.63) is 23.8 Å². The summed E-state index contributed by atoms with van der Waals surface area (Å²) in [5, 5.41) is 9.94. The molecule has 0 saturated heterocycles. The van der Waals surface area contributed by atoms with Crippen LogP contribution in [0.2, 0.25) is 0 Å². The molecule has 0 fully saturated rings. The molecule has 0 aliphatic heterocycles.